The van der Waals surface area contributed by atoms with Gasteiger partial charge in [0.2, 0.25) is 0 Å². The summed E-state index contributed by atoms with van der Waals surface area (Å²) in [5.41, 5.74) is 0.421. The summed E-state index contributed by atoms with van der Waals surface area (Å²) < 4.78 is 15.4. The van der Waals surface area contributed by atoms with Gasteiger partial charge in [-0.15, -0.1) is 0 Å². The van der Waals surface area contributed by atoms with Gasteiger partial charge >= 0.3 is 11.9 Å². The Morgan fingerprint density at radius 3 is 2.62 bits per heavy atom. The molecule has 2 rings (SSSR count). The highest BCUT2D eigenvalue weighted by molar-refractivity contribution is 6.12. The molecule has 130 valence electrons. The Balaban J connectivity index is 2.22. The van der Waals surface area contributed by atoms with Crippen LogP contribution in [-0.2, 0) is 23.9 Å². The average molecular weight is 335 g/mol. The Bertz CT molecular complexity index is 627. The molecule has 1 aliphatic heterocycles. The first-order chi connectivity index (χ1) is 11.4. The van der Waals surface area contributed by atoms with Crippen LogP contribution < -0.4 is 9.64 Å². The van der Waals surface area contributed by atoms with E-state index in [9.17, 15) is 14.4 Å². The number of hydrogen-bond donors (Lipinski definition) is 0. The Labute approximate surface area is 140 Å². The molecule has 0 radical (unpaired) electrons. The zero-order valence-electron chi connectivity index (χ0n) is 14.0. The van der Waals surface area contributed by atoms with E-state index >= 15 is 0 Å². The number of anilines is 1. The van der Waals surface area contributed by atoms with Gasteiger partial charge in [-0.05, 0) is 25.0 Å². The Morgan fingerprint density at radius 1 is 1.25 bits per heavy atom. The normalized spacial score (nSPS) is 16.4. The fourth-order valence-corrected chi connectivity index (χ4v) is 2.18. The maximum Gasteiger partial charge on any atom is 0.357 e. The van der Waals surface area contributed by atoms with Crippen molar-refractivity contribution in [2.24, 2.45) is 5.92 Å². The van der Waals surface area contributed by atoms with E-state index in [1.165, 1.54) is 4.90 Å². The minimum absolute atomic E-state index is 0.129. The van der Waals surface area contributed by atoms with Gasteiger partial charge in [0.05, 0.1) is 18.9 Å². The summed E-state index contributed by atoms with van der Waals surface area (Å²) in [6, 6.07) is 6.70. The second-order valence-electron chi connectivity index (χ2n) is 5.72. The molecule has 0 saturated carbocycles. The second kappa shape index (κ2) is 7.81. The summed E-state index contributed by atoms with van der Waals surface area (Å²) in [6.45, 7) is 5.57. The van der Waals surface area contributed by atoms with E-state index in [1.807, 2.05) is 13.8 Å². The summed E-state index contributed by atoms with van der Waals surface area (Å²) in [6.07, 6.45) is -1.42. The fourth-order valence-electron chi connectivity index (χ4n) is 2.18. The minimum atomic E-state index is -1.42. The number of fused-ring (bicyclic) bond motifs is 1. The summed E-state index contributed by atoms with van der Waals surface area (Å²) in [7, 11) is 0. The van der Waals surface area contributed by atoms with Crippen LogP contribution in [0.4, 0.5) is 5.69 Å². The number of amides is 1. The van der Waals surface area contributed by atoms with Crippen molar-refractivity contribution in [2.75, 3.05) is 24.7 Å². The monoisotopic (exact) mass is 335 g/mol. The van der Waals surface area contributed by atoms with Crippen molar-refractivity contribution in [1.29, 1.82) is 0 Å². The average Bonchev–Trinajstić information content (AvgIpc) is 2.55. The van der Waals surface area contributed by atoms with Gasteiger partial charge in [0, 0.05) is 0 Å². The molecule has 24 heavy (non-hydrogen) atoms. The summed E-state index contributed by atoms with van der Waals surface area (Å²) in [5.74, 6) is -1.44. The lowest BCUT2D eigenvalue weighted by atomic mass is 10.1. The molecule has 1 unspecified atom stereocenters. The first-order valence-corrected chi connectivity index (χ1v) is 7.83. The Morgan fingerprint density at radius 2 is 1.96 bits per heavy atom. The lowest BCUT2D eigenvalue weighted by Gasteiger charge is -2.32. The Kier molecular flexibility index (Phi) is 5.78. The molecule has 0 aliphatic carbocycles. The third-order valence-electron chi connectivity index (χ3n) is 3.26. The molecule has 0 bridgehead atoms. The van der Waals surface area contributed by atoms with Crippen LogP contribution in [0.5, 0.6) is 5.75 Å². The molecule has 1 amide bonds. The van der Waals surface area contributed by atoms with Crippen molar-refractivity contribution in [3.8, 4) is 5.75 Å². The zero-order valence-corrected chi connectivity index (χ0v) is 14.0. The van der Waals surface area contributed by atoms with Gasteiger partial charge in [-0.2, -0.15) is 0 Å². The minimum Gasteiger partial charge on any atom is -0.466 e. The predicted octanol–water partition coefficient (Wildman–Crippen LogP) is 1.54. The molecular formula is C17H21NO6. The number of esters is 2. The van der Waals surface area contributed by atoms with E-state index in [0.29, 0.717) is 11.4 Å². The first kappa shape index (κ1) is 17.8. The van der Waals surface area contributed by atoms with Crippen molar-refractivity contribution >= 4 is 23.5 Å². The largest absolute Gasteiger partial charge is 0.466 e. The highest BCUT2D eigenvalue weighted by Crippen LogP contribution is 2.33. The number of hydrogen-bond acceptors (Lipinski definition) is 6. The quantitative estimate of drug-likeness (QED) is 0.579. The molecule has 1 aromatic carbocycles. The van der Waals surface area contributed by atoms with Gasteiger partial charge in [0.15, 0.2) is 0 Å². The predicted molar refractivity (Wildman–Crippen MR) is 85.6 cm³/mol. The van der Waals surface area contributed by atoms with Gasteiger partial charge in [0.25, 0.3) is 12.0 Å². The fraction of sp³-hybridized carbons (Fsp3) is 0.471. The van der Waals surface area contributed by atoms with Crippen molar-refractivity contribution in [1.82, 2.24) is 0 Å². The molecule has 1 atom stereocenters. The van der Waals surface area contributed by atoms with Crippen LogP contribution in [-0.4, -0.2) is 43.7 Å². The first-order valence-electron chi connectivity index (χ1n) is 7.83. The third kappa shape index (κ3) is 4.04. The molecule has 0 fully saturated rings. The van der Waals surface area contributed by atoms with E-state index in [4.69, 9.17) is 14.2 Å². The summed E-state index contributed by atoms with van der Waals surface area (Å²) >= 11 is 0. The maximum absolute atomic E-state index is 12.6. The van der Waals surface area contributed by atoms with E-state index < -0.39 is 23.9 Å². The lowest BCUT2D eigenvalue weighted by Crippen LogP contribution is -2.52. The van der Waals surface area contributed by atoms with Gasteiger partial charge in [0.1, 0.15) is 12.3 Å². The van der Waals surface area contributed by atoms with Crippen LogP contribution >= 0.6 is 0 Å². The van der Waals surface area contributed by atoms with Crippen LogP contribution in [0.1, 0.15) is 20.8 Å². The number of nitrogens with zero attached hydrogens (tertiary/aromatic N) is 1. The number of carbonyl (C=O) groups excluding carboxylic acids is 3. The Hall–Kier alpha value is -2.57. The maximum atomic E-state index is 12.6. The van der Waals surface area contributed by atoms with E-state index in [-0.39, 0.29) is 25.7 Å². The molecule has 7 heteroatoms. The molecule has 0 N–H and O–H groups in total. The molecule has 1 heterocycles. The SMILES string of the molecule is CCOC(=O)C1Oc2ccccc2N(CC(=O)OCC(C)C)C1=O. The number of benzene rings is 1. The highest BCUT2D eigenvalue weighted by Gasteiger charge is 2.41. The summed E-state index contributed by atoms with van der Waals surface area (Å²) in [5, 5.41) is 0. The molecule has 1 aliphatic rings. The topological polar surface area (TPSA) is 82.1 Å². The van der Waals surface area contributed by atoms with Gasteiger partial charge < -0.3 is 14.2 Å². The van der Waals surface area contributed by atoms with Gasteiger partial charge in [-0.3, -0.25) is 14.5 Å². The van der Waals surface area contributed by atoms with Crippen LogP contribution in [0.3, 0.4) is 0 Å². The van der Waals surface area contributed by atoms with Crippen molar-refractivity contribution < 1.29 is 28.6 Å². The lowest BCUT2D eigenvalue weighted by molar-refractivity contribution is -0.157. The number of carbonyl (C=O) groups is 3. The molecule has 7 nitrogen and oxygen atoms in total. The van der Waals surface area contributed by atoms with E-state index in [1.54, 1.807) is 31.2 Å². The van der Waals surface area contributed by atoms with Crippen LogP contribution in [0.25, 0.3) is 0 Å². The van der Waals surface area contributed by atoms with E-state index in [2.05, 4.69) is 0 Å². The van der Waals surface area contributed by atoms with Crippen LogP contribution in [0.15, 0.2) is 24.3 Å². The van der Waals surface area contributed by atoms with Crippen molar-refractivity contribution in [2.45, 2.75) is 26.9 Å². The van der Waals surface area contributed by atoms with Crippen LogP contribution in [0, 0.1) is 5.92 Å². The highest BCUT2D eigenvalue weighted by atomic mass is 16.6. The standard InChI is InChI=1S/C17H21NO6/c1-4-22-17(21)15-16(20)18(9-14(19)23-10-11(2)3)12-7-5-6-8-13(12)24-15/h5-8,11,15H,4,9-10H2,1-3H3. The van der Waals surface area contributed by atoms with Gasteiger partial charge in [-0.25, -0.2) is 4.79 Å². The third-order valence-corrected chi connectivity index (χ3v) is 3.26. The second-order valence-corrected chi connectivity index (χ2v) is 5.72. The molecular weight excluding hydrogens is 314 g/mol. The number of para-hydroxylation sites is 2. The molecule has 0 aromatic heterocycles. The number of rotatable bonds is 6. The molecule has 1 aromatic rings. The smallest absolute Gasteiger partial charge is 0.357 e. The van der Waals surface area contributed by atoms with E-state index in [0.717, 1.165) is 0 Å². The number of ether oxygens (including phenoxy) is 3. The summed E-state index contributed by atoms with van der Waals surface area (Å²) in [4.78, 5) is 37.7. The molecule has 0 spiro atoms. The van der Waals surface area contributed by atoms with Crippen molar-refractivity contribution in [3.63, 3.8) is 0 Å². The zero-order chi connectivity index (χ0) is 17.7. The molecule has 0 saturated heterocycles. The van der Waals surface area contributed by atoms with Crippen molar-refractivity contribution in [3.05, 3.63) is 24.3 Å². The van der Waals surface area contributed by atoms with Gasteiger partial charge in [-0.1, -0.05) is 26.0 Å². The van der Waals surface area contributed by atoms with Crippen LogP contribution in [0.2, 0.25) is 0 Å².